The summed E-state index contributed by atoms with van der Waals surface area (Å²) in [5, 5.41) is 10.8. The lowest BCUT2D eigenvalue weighted by molar-refractivity contribution is -0.160. The Labute approximate surface area is 98.0 Å². The lowest BCUT2D eigenvalue weighted by Gasteiger charge is -2.26. The molecule has 3 N–H and O–H groups in total. The van der Waals surface area contributed by atoms with Crippen molar-refractivity contribution in [1.82, 2.24) is 4.90 Å². The van der Waals surface area contributed by atoms with E-state index in [9.17, 15) is 13.2 Å². The topological polar surface area (TPSA) is 71.1 Å². The molecule has 0 aromatic heterocycles. The predicted octanol–water partition coefficient (Wildman–Crippen LogP) is 0.880. The first-order valence-electron chi connectivity index (χ1n) is 5.12. The third-order valence-electron chi connectivity index (χ3n) is 2.37. The van der Waals surface area contributed by atoms with Crippen LogP contribution >= 0.6 is 0 Å². The maximum absolute atomic E-state index is 12.6. The maximum Gasteiger partial charge on any atom is 0.400 e. The van der Waals surface area contributed by atoms with Crippen LogP contribution in [0.3, 0.4) is 0 Å². The zero-order chi connectivity index (χ0) is 13.5. The molecule has 102 valence electrons. The minimum atomic E-state index is -4.53. The largest absolute Gasteiger partial charge is 0.409 e. The molecule has 0 aromatic carbocycles. The van der Waals surface area contributed by atoms with Crippen LogP contribution < -0.4 is 5.73 Å². The van der Waals surface area contributed by atoms with E-state index in [0.717, 1.165) is 0 Å². The number of rotatable bonds is 7. The van der Waals surface area contributed by atoms with Crippen molar-refractivity contribution < 1.29 is 23.1 Å². The van der Waals surface area contributed by atoms with Crippen molar-refractivity contribution in [2.75, 3.05) is 33.4 Å². The van der Waals surface area contributed by atoms with Crippen LogP contribution in [0.5, 0.6) is 0 Å². The van der Waals surface area contributed by atoms with E-state index >= 15 is 0 Å². The molecule has 0 saturated carbocycles. The van der Waals surface area contributed by atoms with E-state index in [4.69, 9.17) is 15.7 Å². The average Bonchev–Trinajstić information content (AvgIpc) is 2.27. The molecule has 8 heteroatoms. The van der Waals surface area contributed by atoms with Gasteiger partial charge in [-0.15, -0.1) is 0 Å². The molecular weight excluding hydrogens is 239 g/mol. The Balaban J connectivity index is 4.61. The Morgan fingerprint density at radius 3 is 2.47 bits per heavy atom. The second kappa shape index (κ2) is 7.33. The number of oxime groups is 1. The van der Waals surface area contributed by atoms with Crippen LogP contribution in [0, 0.1) is 5.92 Å². The molecule has 0 saturated heterocycles. The minimum Gasteiger partial charge on any atom is -0.409 e. The second-order valence-electron chi connectivity index (χ2n) is 3.51. The summed E-state index contributed by atoms with van der Waals surface area (Å²) in [6, 6.07) is 0. The van der Waals surface area contributed by atoms with Crippen LogP contribution in [-0.4, -0.2) is 55.5 Å². The second-order valence-corrected chi connectivity index (χ2v) is 3.51. The molecular formula is C9H18F3N3O2. The number of likely N-dealkylation sites (N-methyl/N-ethyl adjacent to an activating group) is 1. The lowest BCUT2D eigenvalue weighted by Crippen LogP contribution is -2.45. The van der Waals surface area contributed by atoms with Gasteiger partial charge in [-0.25, -0.2) is 0 Å². The zero-order valence-electron chi connectivity index (χ0n) is 9.87. The molecule has 0 spiro atoms. The third-order valence-corrected chi connectivity index (χ3v) is 2.37. The molecule has 0 aliphatic heterocycles. The van der Waals surface area contributed by atoms with Crippen LogP contribution in [0.1, 0.15) is 6.92 Å². The van der Waals surface area contributed by atoms with Crippen molar-refractivity contribution in [1.29, 1.82) is 0 Å². The summed E-state index contributed by atoms with van der Waals surface area (Å²) >= 11 is 0. The number of hydrogen-bond acceptors (Lipinski definition) is 4. The molecule has 0 amide bonds. The molecule has 0 aliphatic rings. The van der Waals surface area contributed by atoms with Gasteiger partial charge < -0.3 is 20.6 Å². The van der Waals surface area contributed by atoms with Gasteiger partial charge in [0.2, 0.25) is 0 Å². The Morgan fingerprint density at radius 2 is 2.12 bits per heavy atom. The van der Waals surface area contributed by atoms with E-state index in [1.165, 1.54) is 12.0 Å². The Morgan fingerprint density at radius 1 is 1.53 bits per heavy atom. The van der Waals surface area contributed by atoms with Crippen LogP contribution in [0.15, 0.2) is 5.16 Å². The van der Waals surface area contributed by atoms with E-state index < -0.39 is 17.9 Å². The smallest absolute Gasteiger partial charge is 0.400 e. The third kappa shape index (κ3) is 5.73. The predicted molar refractivity (Wildman–Crippen MR) is 56.9 cm³/mol. The molecule has 0 rings (SSSR count). The molecule has 0 aromatic rings. The fraction of sp³-hybridized carbons (Fsp3) is 0.889. The van der Waals surface area contributed by atoms with Crippen LogP contribution in [0.2, 0.25) is 0 Å². The van der Waals surface area contributed by atoms with E-state index in [-0.39, 0.29) is 6.54 Å². The van der Waals surface area contributed by atoms with Crippen molar-refractivity contribution in [3.63, 3.8) is 0 Å². The minimum absolute atomic E-state index is 0.328. The van der Waals surface area contributed by atoms with Gasteiger partial charge in [-0.2, -0.15) is 13.2 Å². The standard InChI is InChI=1S/C9H18F3N3O2/c1-3-15(4-5-17-2)6-7(8(13)14-16)9(10,11)12/h7,16H,3-6H2,1-2H3,(H2,13,14). The van der Waals surface area contributed by atoms with Gasteiger partial charge in [0.25, 0.3) is 0 Å². The molecule has 0 radical (unpaired) electrons. The molecule has 0 bridgehead atoms. The van der Waals surface area contributed by atoms with Gasteiger partial charge in [0.15, 0.2) is 5.84 Å². The summed E-state index contributed by atoms with van der Waals surface area (Å²) in [5.74, 6) is -2.79. The quantitative estimate of drug-likeness (QED) is 0.307. The van der Waals surface area contributed by atoms with Gasteiger partial charge >= 0.3 is 6.18 Å². The van der Waals surface area contributed by atoms with E-state index in [1.807, 2.05) is 0 Å². The number of alkyl halides is 3. The highest BCUT2D eigenvalue weighted by molar-refractivity contribution is 5.83. The number of ether oxygens (including phenoxy) is 1. The van der Waals surface area contributed by atoms with Crippen molar-refractivity contribution >= 4 is 5.84 Å². The monoisotopic (exact) mass is 257 g/mol. The van der Waals surface area contributed by atoms with Gasteiger partial charge in [-0.1, -0.05) is 12.1 Å². The highest BCUT2D eigenvalue weighted by atomic mass is 19.4. The Hall–Kier alpha value is -1.02. The molecule has 17 heavy (non-hydrogen) atoms. The summed E-state index contributed by atoms with van der Waals surface area (Å²) in [7, 11) is 1.47. The number of halogens is 3. The zero-order valence-corrected chi connectivity index (χ0v) is 9.87. The maximum atomic E-state index is 12.6. The van der Waals surface area contributed by atoms with Gasteiger partial charge in [0, 0.05) is 20.2 Å². The van der Waals surface area contributed by atoms with Crippen molar-refractivity contribution in [3.05, 3.63) is 0 Å². The summed E-state index contributed by atoms with van der Waals surface area (Å²) in [6.07, 6.45) is -4.53. The molecule has 0 fully saturated rings. The van der Waals surface area contributed by atoms with Crippen LogP contribution in [0.4, 0.5) is 13.2 Å². The number of methoxy groups -OCH3 is 1. The van der Waals surface area contributed by atoms with Gasteiger partial charge in [0.05, 0.1) is 6.61 Å². The van der Waals surface area contributed by atoms with Crippen molar-refractivity contribution in [2.24, 2.45) is 16.8 Å². The van der Waals surface area contributed by atoms with E-state index in [0.29, 0.717) is 19.7 Å². The average molecular weight is 257 g/mol. The van der Waals surface area contributed by atoms with Crippen molar-refractivity contribution in [2.45, 2.75) is 13.1 Å². The molecule has 0 aliphatic carbocycles. The van der Waals surface area contributed by atoms with E-state index in [2.05, 4.69) is 5.16 Å². The van der Waals surface area contributed by atoms with Gasteiger partial charge in [-0.3, -0.25) is 0 Å². The SMILES string of the molecule is CCN(CCOC)CC(C(N)=NO)C(F)(F)F. The lowest BCUT2D eigenvalue weighted by atomic mass is 10.1. The summed E-state index contributed by atoms with van der Waals surface area (Å²) in [5.41, 5.74) is 5.06. The normalized spacial score (nSPS) is 15.3. The van der Waals surface area contributed by atoms with Gasteiger partial charge in [-0.05, 0) is 6.54 Å². The van der Waals surface area contributed by atoms with E-state index in [1.54, 1.807) is 6.92 Å². The number of hydrogen-bond donors (Lipinski definition) is 2. The van der Waals surface area contributed by atoms with Gasteiger partial charge in [0.1, 0.15) is 5.92 Å². The number of nitrogens with zero attached hydrogens (tertiary/aromatic N) is 2. The molecule has 5 nitrogen and oxygen atoms in total. The Bertz CT molecular complexity index is 246. The summed E-state index contributed by atoms with van der Waals surface area (Å²) < 4.78 is 42.7. The molecule has 1 unspecified atom stereocenters. The number of amidine groups is 1. The first-order chi connectivity index (χ1) is 7.86. The highest BCUT2D eigenvalue weighted by Gasteiger charge is 2.43. The van der Waals surface area contributed by atoms with Crippen LogP contribution in [-0.2, 0) is 4.74 Å². The highest BCUT2D eigenvalue weighted by Crippen LogP contribution is 2.27. The number of nitrogens with two attached hydrogens (primary N) is 1. The summed E-state index contributed by atoms with van der Waals surface area (Å²) in [6.45, 7) is 2.50. The molecule has 1 atom stereocenters. The Kier molecular flexibility index (Phi) is 6.89. The first-order valence-corrected chi connectivity index (χ1v) is 5.12. The van der Waals surface area contributed by atoms with Crippen molar-refractivity contribution in [3.8, 4) is 0 Å². The fourth-order valence-electron chi connectivity index (χ4n) is 1.29. The first kappa shape index (κ1) is 16.0. The molecule has 0 heterocycles. The summed E-state index contributed by atoms with van der Waals surface area (Å²) in [4.78, 5) is 1.53. The fourth-order valence-corrected chi connectivity index (χ4v) is 1.29. The van der Waals surface area contributed by atoms with Crippen LogP contribution in [0.25, 0.3) is 0 Å².